The van der Waals surface area contributed by atoms with Gasteiger partial charge in [-0.3, -0.25) is 14.5 Å². The Balaban J connectivity index is 1.49. The first kappa shape index (κ1) is 24.9. The van der Waals surface area contributed by atoms with Gasteiger partial charge in [-0.2, -0.15) is 4.31 Å². The molecule has 2 amide bonds. The first-order chi connectivity index (χ1) is 16.2. The van der Waals surface area contributed by atoms with Gasteiger partial charge < -0.3 is 15.0 Å². The SMILES string of the molecule is CCCN1CCN(C(=O)[C@H]2CCCN(S(=O)(=O)c3cc4c(cc3C)NC(=O)[C@@H](CC)O4)C2)CC1. The number of carbonyl (C=O) groups excluding carboxylic acids is 2. The van der Waals surface area contributed by atoms with E-state index >= 15 is 0 Å². The lowest BCUT2D eigenvalue weighted by molar-refractivity contribution is -0.138. The summed E-state index contributed by atoms with van der Waals surface area (Å²) in [4.78, 5) is 29.8. The number of piperidine rings is 1. The number of ether oxygens (including phenoxy) is 1. The van der Waals surface area contributed by atoms with Gasteiger partial charge in [-0.05, 0) is 50.8 Å². The summed E-state index contributed by atoms with van der Waals surface area (Å²) in [6.45, 7) is 10.5. The van der Waals surface area contributed by atoms with E-state index in [1.165, 1.54) is 10.4 Å². The maximum atomic E-state index is 13.6. The number of anilines is 1. The molecule has 1 aromatic carbocycles. The number of benzene rings is 1. The summed E-state index contributed by atoms with van der Waals surface area (Å²) < 4.78 is 34.5. The minimum Gasteiger partial charge on any atom is -0.478 e. The van der Waals surface area contributed by atoms with Gasteiger partial charge in [0.25, 0.3) is 5.91 Å². The van der Waals surface area contributed by atoms with Crippen LogP contribution in [-0.2, 0) is 19.6 Å². The molecule has 34 heavy (non-hydrogen) atoms. The van der Waals surface area contributed by atoms with Crippen LogP contribution in [0.4, 0.5) is 5.69 Å². The Hall–Kier alpha value is -2.17. The quantitative estimate of drug-likeness (QED) is 0.653. The number of amides is 2. The largest absolute Gasteiger partial charge is 0.478 e. The molecule has 0 radical (unpaired) electrons. The molecule has 3 aliphatic heterocycles. The molecule has 0 saturated carbocycles. The van der Waals surface area contributed by atoms with Crippen LogP contribution in [0, 0.1) is 12.8 Å². The predicted molar refractivity (Wildman–Crippen MR) is 129 cm³/mol. The summed E-state index contributed by atoms with van der Waals surface area (Å²) in [5.74, 6) is -0.114. The van der Waals surface area contributed by atoms with Crippen molar-refractivity contribution in [2.45, 2.75) is 57.5 Å². The second kappa shape index (κ2) is 10.2. The van der Waals surface area contributed by atoms with Gasteiger partial charge in [0.15, 0.2) is 6.10 Å². The van der Waals surface area contributed by atoms with Crippen molar-refractivity contribution in [1.82, 2.24) is 14.1 Å². The summed E-state index contributed by atoms with van der Waals surface area (Å²) in [6.07, 6.45) is 2.31. The van der Waals surface area contributed by atoms with Crippen LogP contribution in [-0.4, -0.2) is 86.3 Å². The van der Waals surface area contributed by atoms with Crippen molar-refractivity contribution in [3.8, 4) is 5.75 Å². The molecule has 2 atom stereocenters. The molecule has 1 N–H and O–H groups in total. The van der Waals surface area contributed by atoms with E-state index in [2.05, 4.69) is 17.1 Å². The average molecular weight is 493 g/mol. The lowest BCUT2D eigenvalue weighted by Crippen LogP contribution is -2.53. The normalized spacial score (nSPS) is 24.3. The molecule has 2 saturated heterocycles. The van der Waals surface area contributed by atoms with Crippen LogP contribution in [0.15, 0.2) is 17.0 Å². The Labute approximate surface area is 202 Å². The van der Waals surface area contributed by atoms with E-state index in [1.807, 2.05) is 11.8 Å². The molecule has 10 heteroatoms. The number of hydrogen-bond donors (Lipinski definition) is 1. The Kier molecular flexibility index (Phi) is 7.49. The number of carbonyl (C=O) groups is 2. The Bertz CT molecular complexity index is 1040. The van der Waals surface area contributed by atoms with E-state index in [1.54, 1.807) is 13.0 Å². The van der Waals surface area contributed by atoms with E-state index in [0.717, 1.165) is 26.1 Å². The number of aryl methyl sites for hydroxylation is 1. The van der Waals surface area contributed by atoms with E-state index < -0.39 is 16.1 Å². The van der Waals surface area contributed by atoms with Crippen LogP contribution < -0.4 is 10.1 Å². The molecule has 2 fully saturated rings. The molecule has 4 rings (SSSR count). The summed E-state index contributed by atoms with van der Waals surface area (Å²) in [7, 11) is -3.82. The van der Waals surface area contributed by atoms with Crippen molar-refractivity contribution in [3.05, 3.63) is 17.7 Å². The van der Waals surface area contributed by atoms with Crippen LogP contribution in [0.3, 0.4) is 0 Å². The summed E-state index contributed by atoms with van der Waals surface area (Å²) >= 11 is 0. The molecule has 188 valence electrons. The Morgan fingerprint density at radius 2 is 1.88 bits per heavy atom. The zero-order valence-electron chi connectivity index (χ0n) is 20.4. The minimum atomic E-state index is -3.82. The van der Waals surface area contributed by atoms with Crippen molar-refractivity contribution in [2.24, 2.45) is 5.92 Å². The van der Waals surface area contributed by atoms with E-state index in [0.29, 0.717) is 55.9 Å². The number of fused-ring (bicyclic) bond motifs is 1. The molecule has 1 aromatic rings. The predicted octanol–water partition coefficient (Wildman–Crippen LogP) is 2.06. The summed E-state index contributed by atoms with van der Waals surface area (Å²) in [6, 6.07) is 3.16. The van der Waals surface area contributed by atoms with Gasteiger partial charge in [0, 0.05) is 45.3 Å². The zero-order valence-corrected chi connectivity index (χ0v) is 21.2. The highest BCUT2D eigenvalue weighted by atomic mass is 32.2. The van der Waals surface area contributed by atoms with E-state index in [-0.39, 0.29) is 29.2 Å². The van der Waals surface area contributed by atoms with Crippen molar-refractivity contribution in [3.63, 3.8) is 0 Å². The molecule has 9 nitrogen and oxygen atoms in total. The number of nitrogens with zero attached hydrogens (tertiary/aromatic N) is 3. The zero-order chi connectivity index (χ0) is 24.5. The van der Waals surface area contributed by atoms with Crippen molar-refractivity contribution < 1.29 is 22.7 Å². The van der Waals surface area contributed by atoms with Crippen LogP contribution >= 0.6 is 0 Å². The van der Waals surface area contributed by atoms with Gasteiger partial charge in [0.2, 0.25) is 15.9 Å². The second-order valence-corrected chi connectivity index (χ2v) is 11.4. The smallest absolute Gasteiger partial charge is 0.265 e. The third-order valence-electron chi connectivity index (χ3n) is 7.04. The molecule has 0 spiro atoms. The van der Waals surface area contributed by atoms with E-state index in [9.17, 15) is 18.0 Å². The topological polar surface area (TPSA) is 99.3 Å². The van der Waals surface area contributed by atoms with Crippen LogP contribution in [0.5, 0.6) is 5.75 Å². The van der Waals surface area contributed by atoms with Crippen LogP contribution in [0.25, 0.3) is 0 Å². The average Bonchev–Trinajstić information content (AvgIpc) is 2.83. The summed E-state index contributed by atoms with van der Waals surface area (Å²) in [5.41, 5.74) is 1.03. The first-order valence-electron chi connectivity index (χ1n) is 12.4. The van der Waals surface area contributed by atoms with Crippen LogP contribution in [0.2, 0.25) is 0 Å². The maximum absolute atomic E-state index is 13.6. The number of nitrogens with one attached hydrogen (secondary N) is 1. The van der Waals surface area contributed by atoms with E-state index in [4.69, 9.17) is 4.74 Å². The molecular weight excluding hydrogens is 456 g/mol. The van der Waals surface area contributed by atoms with Crippen molar-refractivity contribution in [2.75, 3.05) is 51.1 Å². The first-order valence-corrected chi connectivity index (χ1v) is 13.8. The molecule has 0 unspecified atom stereocenters. The number of sulfonamides is 1. The molecule has 0 bridgehead atoms. The Morgan fingerprint density at radius 1 is 1.15 bits per heavy atom. The molecular formula is C24H36N4O5S. The van der Waals surface area contributed by atoms with Gasteiger partial charge in [-0.25, -0.2) is 8.42 Å². The second-order valence-electron chi connectivity index (χ2n) is 9.49. The number of piperazine rings is 1. The fourth-order valence-corrected chi connectivity index (χ4v) is 6.84. The highest BCUT2D eigenvalue weighted by Gasteiger charge is 2.37. The standard InChI is InChI=1S/C24H36N4O5S/c1-4-8-26-10-12-27(13-11-26)24(30)18-7-6-9-28(16-18)34(31,32)22-15-21-19(14-17(22)3)25-23(29)20(5-2)33-21/h14-15,18,20H,4-13,16H2,1-3H3,(H,25,29)/t18-,20+/m0/s1. The minimum absolute atomic E-state index is 0.0649. The molecule has 0 aliphatic carbocycles. The van der Waals surface area contributed by atoms with Gasteiger partial charge >= 0.3 is 0 Å². The van der Waals surface area contributed by atoms with Gasteiger partial charge in [-0.15, -0.1) is 0 Å². The maximum Gasteiger partial charge on any atom is 0.265 e. The molecule has 3 heterocycles. The van der Waals surface area contributed by atoms with Crippen LogP contribution in [0.1, 0.15) is 45.1 Å². The van der Waals surface area contributed by atoms with Crippen molar-refractivity contribution in [1.29, 1.82) is 0 Å². The van der Waals surface area contributed by atoms with Gasteiger partial charge in [-0.1, -0.05) is 13.8 Å². The Morgan fingerprint density at radius 3 is 2.56 bits per heavy atom. The molecule has 3 aliphatic rings. The van der Waals surface area contributed by atoms with Crippen molar-refractivity contribution >= 4 is 27.5 Å². The number of rotatable bonds is 6. The fraction of sp³-hybridized carbons (Fsp3) is 0.667. The fourth-order valence-electron chi connectivity index (χ4n) is 5.10. The third kappa shape index (κ3) is 4.94. The summed E-state index contributed by atoms with van der Waals surface area (Å²) in [5, 5.41) is 2.80. The van der Waals surface area contributed by atoms with Gasteiger partial charge in [0.05, 0.1) is 16.5 Å². The third-order valence-corrected chi connectivity index (χ3v) is 9.05. The lowest BCUT2D eigenvalue weighted by atomic mass is 9.98. The highest BCUT2D eigenvalue weighted by Crippen LogP contribution is 2.36. The lowest BCUT2D eigenvalue weighted by Gasteiger charge is -2.38. The number of hydrogen-bond acceptors (Lipinski definition) is 6. The van der Waals surface area contributed by atoms with Gasteiger partial charge in [0.1, 0.15) is 5.75 Å². The monoisotopic (exact) mass is 492 g/mol. The molecule has 0 aromatic heterocycles. The highest BCUT2D eigenvalue weighted by molar-refractivity contribution is 7.89.